The molecule has 1 amide bonds. The quantitative estimate of drug-likeness (QED) is 0.532. The fourth-order valence-electron chi connectivity index (χ4n) is 5.30. The van der Waals surface area contributed by atoms with E-state index in [1.54, 1.807) is 12.1 Å². The van der Waals surface area contributed by atoms with Gasteiger partial charge in [0.1, 0.15) is 11.6 Å². The lowest BCUT2D eigenvalue weighted by Gasteiger charge is -2.30. The number of hydrogen-bond acceptors (Lipinski definition) is 3. The van der Waals surface area contributed by atoms with Gasteiger partial charge >= 0.3 is 0 Å². The van der Waals surface area contributed by atoms with Crippen LogP contribution in [0.4, 0.5) is 10.1 Å². The molecule has 4 nitrogen and oxygen atoms in total. The molecule has 0 radical (unpaired) electrons. The van der Waals surface area contributed by atoms with Crippen molar-refractivity contribution < 1.29 is 13.9 Å². The summed E-state index contributed by atoms with van der Waals surface area (Å²) >= 11 is 0. The summed E-state index contributed by atoms with van der Waals surface area (Å²) in [5.74, 6) is 1.19. The van der Waals surface area contributed by atoms with Crippen LogP contribution in [-0.4, -0.2) is 37.0 Å². The van der Waals surface area contributed by atoms with E-state index in [0.29, 0.717) is 30.7 Å². The fourth-order valence-corrected chi connectivity index (χ4v) is 5.30. The van der Waals surface area contributed by atoms with Crippen LogP contribution in [0, 0.1) is 11.7 Å². The molecular formula is C27H35FN2O2. The topological polar surface area (TPSA) is 41.6 Å². The summed E-state index contributed by atoms with van der Waals surface area (Å²) in [4.78, 5) is 15.8. The average Bonchev–Trinajstić information content (AvgIpc) is 3.29. The molecule has 1 aliphatic carbocycles. The van der Waals surface area contributed by atoms with Gasteiger partial charge < -0.3 is 15.0 Å². The number of nitrogens with zero attached hydrogens (tertiary/aromatic N) is 1. The Hall–Kier alpha value is -2.40. The van der Waals surface area contributed by atoms with Crippen molar-refractivity contribution in [3.05, 3.63) is 59.9 Å². The normalized spacial score (nSPS) is 20.8. The number of rotatable bonds is 8. The molecule has 2 aliphatic rings. The first-order valence-corrected chi connectivity index (χ1v) is 12.1. The number of nitrogens with one attached hydrogen (secondary N) is 1. The third-order valence-corrected chi connectivity index (χ3v) is 7.02. The molecule has 1 heterocycles. The van der Waals surface area contributed by atoms with Crippen molar-refractivity contribution in [1.82, 2.24) is 4.90 Å². The van der Waals surface area contributed by atoms with Crippen molar-refractivity contribution in [2.45, 2.75) is 57.3 Å². The molecule has 1 saturated carbocycles. The van der Waals surface area contributed by atoms with Crippen LogP contribution in [0.15, 0.2) is 48.5 Å². The number of benzene rings is 2. The largest absolute Gasteiger partial charge is 0.494 e. The number of hydrogen-bond donors (Lipinski definition) is 1. The van der Waals surface area contributed by atoms with Crippen LogP contribution in [0.2, 0.25) is 0 Å². The average molecular weight is 439 g/mol. The highest BCUT2D eigenvalue weighted by Crippen LogP contribution is 2.43. The maximum atomic E-state index is 14.5. The number of carbonyl (C=O) groups excluding carboxylic acids is 1. The summed E-state index contributed by atoms with van der Waals surface area (Å²) < 4.78 is 20.4. The third kappa shape index (κ3) is 5.32. The van der Waals surface area contributed by atoms with Crippen LogP contribution in [-0.2, 0) is 10.2 Å². The maximum Gasteiger partial charge on any atom is 0.235 e. The number of ether oxygens (including phenoxy) is 1. The Morgan fingerprint density at radius 3 is 2.59 bits per heavy atom. The molecule has 172 valence electrons. The Morgan fingerprint density at radius 2 is 1.88 bits per heavy atom. The number of amides is 1. The van der Waals surface area contributed by atoms with Crippen LogP contribution in [0.5, 0.6) is 5.75 Å². The highest BCUT2D eigenvalue weighted by atomic mass is 19.1. The van der Waals surface area contributed by atoms with E-state index < -0.39 is 5.41 Å². The summed E-state index contributed by atoms with van der Waals surface area (Å²) in [5, 5.41) is 3.02. The second-order valence-electron chi connectivity index (χ2n) is 9.50. The van der Waals surface area contributed by atoms with Crippen LogP contribution in [0.3, 0.4) is 0 Å². The van der Waals surface area contributed by atoms with Crippen molar-refractivity contribution in [3.8, 4) is 5.75 Å². The third-order valence-electron chi connectivity index (χ3n) is 7.02. The summed E-state index contributed by atoms with van der Waals surface area (Å²) in [5.41, 5.74) is 0.442. The molecule has 0 bridgehead atoms. The van der Waals surface area contributed by atoms with Gasteiger partial charge in [-0.3, -0.25) is 4.79 Å². The molecular weight excluding hydrogens is 403 g/mol. The predicted molar refractivity (Wildman–Crippen MR) is 127 cm³/mol. The van der Waals surface area contributed by atoms with Gasteiger partial charge in [0.15, 0.2) is 0 Å². The smallest absolute Gasteiger partial charge is 0.235 e. The van der Waals surface area contributed by atoms with Gasteiger partial charge in [-0.15, -0.1) is 0 Å². The first-order valence-electron chi connectivity index (χ1n) is 12.1. The predicted octanol–water partition coefficient (Wildman–Crippen LogP) is 5.78. The van der Waals surface area contributed by atoms with Gasteiger partial charge in [-0.1, -0.05) is 38.0 Å². The first-order chi connectivity index (χ1) is 15.6. The Balaban J connectivity index is 1.30. The molecule has 2 aromatic carbocycles. The second-order valence-corrected chi connectivity index (χ2v) is 9.50. The first kappa shape index (κ1) is 22.8. The molecule has 0 aromatic heterocycles. The molecule has 1 aliphatic heterocycles. The Labute approximate surface area is 191 Å². The van der Waals surface area contributed by atoms with E-state index in [2.05, 4.69) is 17.1 Å². The Morgan fingerprint density at radius 1 is 1.12 bits per heavy atom. The van der Waals surface area contributed by atoms with Crippen LogP contribution < -0.4 is 10.1 Å². The monoisotopic (exact) mass is 438 g/mol. The molecule has 2 fully saturated rings. The second kappa shape index (κ2) is 10.5. The highest BCUT2D eigenvalue weighted by Gasteiger charge is 2.44. The molecule has 32 heavy (non-hydrogen) atoms. The van der Waals surface area contributed by atoms with Crippen molar-refractivity contribution in [3.63, 3.8) is 0 Å². The van der Waals surface area contributed by atoms with Crippen LogP contribution in [0.1, 0.15) is 57.4 Å². The van der Waals surface area contributed by atoms with Crippen molar-refractivity contribution in [2.75, 3.05) is 31.6 Å². The van der Waals surface area contributed by atoms with Crippen molar-refractivity contribution >= 4 is 11.6 Å². The standard InChI is InChI=1S/C27H35FN2O2/c1-21-8-6-17-30(20-21)18-7-19-32-23-13-11-22(12-14-23)29-26(31)27(15-4-5-16-27)24-9-2-3-10-25(24)28/h2-3,9-14,21H,4-8,15-20H2,1H3,(H,29,31)/t21-/m0/s1. The van der Waals surface area contributed by atoms with Crippen molar-refractivity contribution in [2.24, 2.45) is 5.92 Å². The molecule has 0 spiro atoms. The van der Waals surface area contributed by atoms with Gasteiger partial charge in [0, 0.05) is 24.3 Å². The van der Waals surface area contributed by atoms with E-state index in [0.717, 1.165) is 37.5 Å². The molecule has 0 unspecified atom stereocenters. The van der Waals surface area contributed by atoms with Gasteiger partial charge in [0.2, 0.25) is 5.91 Å². The summed E-state index contributed by atoms with van der Waals surface area (Å²) in [7, 11) is 0. The molecule has 1 atom stereocenters. The minimum absolute atomic E-state index is 0.121. The number of piperidine rings is 1. The zero-order valence-corrected chi connectivity index (χ0v) is 19.1. The lowest BCUT2D eigenvalue weighted by molar-refractivity contribution is -0.121. The summed E-state index contributed by atoms with van der Waals surface area (Å²) in [6, 6.07) is 14.2. The van der Waals surface area contributed by atoms with Gasteiger partial charge in [-0.05, 0) is 74.9 Å². The molecule has 4 rings (SSSR count). The maximum absolute atomic E-state index is 14.5. The zero-order valence-electron chi connectivity index (χ0n) is 19.1. The van der Waals surface area contributed by atoms with E-state index >= 15 is 0 Å². The SMILES string of the molecule is C[C@H]1CCCN(CCCOc2ccc(NC(=O)C3(c4ccccc4F)CCCC3)cc2)C1. The fraction of sp³-hybridized carbons (Fsp3) is 0.519. The molecule has 2 aromatic rings. The molecule has 1 saturated heterocycles. The van der Waals surface area contributed by atoms with E-state index in [1.165, 1.54) is 32.0 Å². The van der Waals surface area contributed by atoms with Gasteiger partial charge in [0.25, 0.3) is 0 Å². The van der Waals surface area contributed by atoms with E-state index in [-0.39, 0.29) is 11.7 Å². The number of halogens is 1. The van der Waals surface area contributed by atoms with Gasteiger partial charge in [0.05, 0.1) is 12.0 Å². The minimum Gasteiger partial charge on any atom is -0.494 e. The highest BCUT2D eigenvalue weighted by molar-refractivity contribution is 5.99. The number of likely N-dealkylation sites (tertiary alicyclic amines) is 1. The summed E-state index contributed by atoms with van der Waals surface area (Å²) in [6.45, 7) is 6.49. The van der Waals surface area contributed by atoms with Gasteiger partial charge in [-0.2, -0.15) is 0 Å². The Kier molecular flexibility index (Phi) is 7.46. The minimum atomic E-state index is -0.785. The van der Waals surface area contributed by atoms with Crippen molar-refractivity contribution in [1.29, 1.82) is 0 Å². The molecule has 1 N–H and O–H groups in total. The zero-order chi connectivity index (χ0) is 22.4. The van der Waals surface area contributed by atoms with E-state index in [4.69, 9.17) is 4.74 Å². The lowest BCUT2D eigenvalue weighted by atomic mass is 9.77. The summed E-state index contributed by atoms with van der Waals surface area (Å²) in [6.07, 6.45) is 6.88. The van der Waals surface area contributed by atoms with Crippen LogP contribution >= 0.6 is 0 Å². The molecule has 5 heteroatoms. The van der Waals surface area contributed by atoms with E-state index in [1.807, 2.05) is 30.3 Å². The number of carbonyl (C=O) groups is 1. The van der Waals surface area contributed by atoms with Gasteiger partial charge in [-0.25, -0.2) is 4.39 Å². The number of anilines is 1. The lowest BCUT2D eigenvalue weighted by Crippen LogP contribution is -2.38. The Bertz CT molecular complexity index is 893. The van der Waals surface area contributed by atoms with Crippen LogP contribution in [0.25, 0.3) is 0 Å². The van der Waals surface area contributed by atoms with E-state index in [9.17, 15) is 9.18 Å².